The fourth-order valence-corrected chi connectivity index (χ4v) is 12.2. The molecule has 0 spiro atoms. The van der Waals surface area contributed by atoms with Gasteiger partial charge in [0, 0.05) is 37.6 Å². The smallest absolute Gasteiger partial charge is 0.134 e. The fourth-order valence-electron chi connectivity index (χ4n) is 7.21. The molecule has 1 unspecified atom stereocenters. The summed E-state index contributed by atoms with van der Waals surface area (Å²) in [6.45, 7) is 9.13. The molecule has 5 aromatic rings. The van der Waals surface area contributed by atoms with Gasteiger partial charge < -0.3 is 0 Å². The molecule has 1 aliphatic heterocycles. The molecule has 0 aliphatic carbocycles. The first-order valence-electron chi connectivity index (χ1n) is 15.5. The second kappa shape index (κ2) is 12.6. The van der Waals surface area contributed by atoms with Crippen LogP contribution in [-0.2, 0) is 22.8 Å². The largest absolute Gasteiger partial charge is 0.300 e. The number of carbonyl (C=O) groups excluding carboxylic acids is 1. The van der Waals surface area contributed by atoms with E-state index in [1.54, 1.807) is 24.8 Å². The van der Waals surface area contributed by atoms with Crippen LogP contribution in [0.2, 0.25) is 0 Å². The molecule has 2 aromatic heterocycles. The van der Waals surface area contributed by atoms with Gasteiger partial charge in [0.05, 0.1) is 28.9 Å². The minimum absolute atomic E-state index is 0.204. The zero-order valence-corrected chi connectivity index (χ0v) is 28.5. The lowest BCUT2D eigenvalue weighted by atomic mass is 9.86. The van der Waals surface area contributed by atoms with Crippen LogP contribution >= 0.6 is 17.2 Å². The lowest BCUT2D eigenvalue weighted by molar-refractivity contribution is -0.120. The molecule has 1 saturated heterocycles. The zero-order valence-electron chi connectivity index (χ0n) is 26.4. The Bertz CT molecular complexity index is 1720. The molecular formula is C38H40N4OP2. The second-order valence-electron chi connectivity index (χ2n) is 13.3. The number of nitrogens with zero attached hydrogens (tertiary/aromatic N) is 4. The first kappa shape index (κ1) is 31.3. The third kappa shape index (κ3) is 6.39. The maximum absolute atomic E-state index is 13.1. The monoisotopic (exact) mass is 630 g/mol. The highest BCUT2D eigenvalue weighted by atomic mass is 31.1. The second-order valence-corrected chi connectivity index (χ2v) is 17.7. The lowest BCUT2D eigenvalue weighted by Crippen LogP contribution is -2.45. The zero-order chi connectivity index (χ0) is 31.7. The number of hydrogen-bond acceptors (Lipinski definition) is 5. The van der Waals surface area contributed by atoms with Crippen LogP contribution in [-0.4, -0.2) is 36.0 Å². The Morgan fingerprint density at radius 1 is 0.711 bits per heavy atom. The molecule has 6 rings (SSSR count). The number of Topliss-reactive ketones (excluding diaryl/α,β-unsaturated/α-hetero) is 1. The van der Waals surface area contributed by atoms with Crippen molar-refractivity contribution in [3.63, 3.8) is 0 Å². The van der Waals surface area contributed by atoms with Crippen molar-refractivity contribution >= 4 is 28.2 Å². The number of benzene rings is 3. The number of carbonyl (C=O) groups is 1. The fraction of sp³-hybridized carbons (Fsp3) is 0.289. The van der Waals surface area contributed by atoms with Gasteiger partial charge in [-0.05, 0) is 56.3 Å². The van der Waals surface area contributed by atoms with Crippen molar-refractivity contribution in [2.75, 3.05) is 0 Å². The number of rotatable bonds is 8. The highest BCUT2D eigenvalue weighted by Gasteiger charge is 2.50. The molecule has 0 bridgehead atoms. The van der Waals surface area contributed by atoms with E-state index < -0.39 is 13.1 Å². The van der Waals surface area contributed by atoms with Gasteiger partial charge in [0.1, 0.15) is 5.78 Å². The summed E-state index contributed by atoms with van der Waals surface area (Å²) in [6, 6.07) is 26.2. The third-order valence-electron chi connectivity index (χ3n) is 8.86. The summed E-state index contributed by atoms with van der Waals surface area (Å²) >= 11 is 0. The van der Waals surface area contributed by atoms with Crippen LogP contribution in [0, 0.1) is 0 Å². The maximum Gasteiger partial charge on any atom is 0.134 e. The first-order chi connectivity index (χ1) is 21.6. The van der Waals surface area contributed by atoms with Gasteiger partial charge in [0.2, 0.25) is 0 Å². The van der Waals surface area contributed by atoms with E-state index in [4.69, 9.17) is 9.97 Å². The normalized spacial score (nSPS) is 16.4. The topological polar surface area (TPSA) is 68.6 Å². The van der Waals surface area contributed by atoms with Crippen LogP contribution in [0.3, 0.4) is 0 Å². The van der Waals surface area contributed by atoms with Crippen LogP contribution in [0.5, 0.6) is 0 Å². The van der Waals surface area contributed by atoms with E-state index in [9.17, 15) is 4.79 Å². The van der Waals surface area contributed by atoms with Crippen LogP contribution in [0.15, 0.2) is 110 Å². The van der Waals surface area contributed by atoms with Gasteiger partial charge in [0.25, 0.3) is 0 Å². The molecule has 0 amide bonds. The van der Waals surface area contributed by atoms with E-state index in [-0.39, 0.29) is 10.3 Å². The average Bonchev–Trinajstić information content (AvgIpc) is 3.02. The molecule has 3 heterocycles. The van der Waals surface area contributed by atoms with Gasteiger partial charge in [-0.15, -0.1) is 9.24 Å². The van der Waals surface area contributed by atoms with E-state index in [0.717, 1.165) is 29.8 Å². The molecule has 1 atom stereocenters. The van der Waals surface area contributed by atoms with Crippen molar-refractivity contribution in [1.82, 2.24) is 19.9 Å². The quantitative estimate of drug-likeness (QED) is 0.165. The van der Waals surface area contributed by atoms with E-state index >= 15 is 0 Å². The molecular weight excluding hydrogens is 590 g/mol. The van der Waals surface area contributed by atoms with Gasteiger partial charge >= 0.3 is 0 Å². The molecule has 1 fully saturated rings. The molecule has 0 radical (unpaired) electrons. The minimum atomic E-state index is -0.839. The summed E-state index contributed by atoms with van der Waals surface area (Å²) in [4.78, 5) is 31.9. The standard InChI is InChI=1S/C38H40N4OP2/c1-36(2)23-31(43)24-37(3,4)45(36)33-22-30(20-28-13-9-6-10-14-28)29(19-27-11-7-5-8-12-27)21-32(33)38(44,34-25-39-15-17-41-34)35-26-40-16-18-42-35/h5-18,21-22,25-26H,19-20,23-24,44H2,1-4H3. The van der Waals surface area contributed by atoms with Crippen molar-refractivity contribution in [3.05, 3.63) is 149 Å². The summed E-state index contributed by atoms with van der Waals surface area (Å²) in [5.74, 6) is 0.343. The Hall–Kier alpha value is -3.65. The minimum Gasteiger partial charge on any atom is -0.300 e. The predicted octanol–water partition coefficient (Wildman–Crippen LogP) is 7.64. The Morgan fingerprint density at radius 3 is 1.62 bits per heavy atom. The van der Waals surface area contributed by atoms with Gasteiger partial charge in [-0.3, -0.25) is 24.7 Å². The van der Waals surface area contributed by atoms with Crippen LogP contribution in [0.4, 0.5) is 0 Å². The van der Waals surface area contributed by atoms with Gasteiger partial charge in [0.15, 0.2) is 0 Å². The van der Waals surface area contributed by atoms with E-state index in [1.807, 2.05) is 12.4 Å². The highest BCUT2D eigenvalue weighted by Crippen LogP contribution is 2.65. The summed E-state index contributed by atoms with van der Waals surface area (Å²) in [7, 11) is 2.29. The first-order valence-corrected chi connectivity index (χ1v) is 17.4. The van der Waals surface area contributed by atoms with Crippen LogP contribution in [0.1, 0.15) is 79.7 Å². The van der Waals surface area contributed by atoms with Crippen LogP contribution < -0.4 is 5.30 Å². The molecule has 7 heteroatoms. The third-order valence-corrected chi connectivity index (χ3v) is 13.4. The van der Waals surface area contributed by atoms with Gasteiger partial charge in [-0.25, -0.2) is 0 Å². The summed E-state index contributed by atoms with van der Waals surface area (Å²) in [6.07, 6.45) is 13.3. The molecule has 0 saturated carbocycles. The maximum atomic E-state index is 13.1. The Labute approximate surface area is 270 Å². The Kier molecular flexibility index (Phi) is 8.79. The van der Waals surface area contributed by atoms with Crippen molar-refractivity contribution in [1.29, 1.82) is 0 Å². The number of aromatic nitrogens is 4. The Morgan fingerprint density at radius 2 is 1.18 bits per heavy atom. The van der Waals surface area contributed by atoms with Crippen molar-refractivity contribution in [3.8, 4) is 0 Å². The molecule has 228 valence electrons. The van der Waals surface area contributed by atoms with E-state index in [1.165, 1.54) is 27.6 Å². The van der Waals surface area contributed by atoms with Gasteiger partial charge in [-0.1, -0.05) is 108 Å². The lowest BCUT2D eigenvalue weighted by Gasteiger charge is -2.51. The number of hydrogen-bond donors (Lipinski definition) is 0. The summed E-state index contributed by atoms with van der Waals surface area (Å²) in [5, 5.41) is 0.0698. The molecule has 0 N–H and O–H groups in total. The van der Waals surface area contributed by atoms with Crippen molar-refractivity contribution < 1.29 is 4.79 Å². The van der Waals surface area contributed by atoms with E-state index in [2.05, 4.69) is 120 Å². The molecule has 1 aliphatic rings. The van der Waals surface area contributed by atoms with Crippen molar-refractivity contribution in [2.45, 2.75) is 68.8 Å². The van der Waals surface area contributed by atoms with Crippen LogP contribution in [0.25, 0.3) is 0 Å². The number of ketones is 1. The SMILES string of the molecule is CC1(C)CC(=O)CC(C)(C)P1c1cc(Cc2ccccc2)c(Cc2ccccc2)cc1C(P)(c1cnccn1)c1cnccn1. The van der Waals surface area contributed by atoms with E-state index in [0.29, 0.717) is 18.6 Å². The molecule has 5 nitrogen and oxygen atoms in total. The average molecular weight is 631 g/mol. The summed E-state index contributed by atoms with van der Waals surface area (Å²) < 4.78 is 0. The highest BCUT2D eigenvalue weighted by molar-refractivity contribution is 7.69. The van der Waals surface area contributed by atoms with Gasteiger partial charge in [-0.2, -0.15) is 0 Å². The predicted molar refractivity (Wildman–Crippen MR) is 188 cm³/mol. The van der Waals surface area contributed by atoms with Crippen molar-refractivity contribution in [2.24, 2.45) is 0 Å². The molecule has 45 heavy (non-hydrogen) atoms. The Balaban J connectivity index is 1.69. The summed E-state index contributed by atoms with van der Waals surface area (Å²) in [5.41, 5.74) is 7.82. The molecule has 3 aromatic carbocycles.